The molecule has 0 saturated carbocycles. The van der Waals surface area contributed by atoms with Crippen LogP contribution in [0.3, 0.4) is 0 Å². The van der Waals surface area contributed by atoms with Crippen LogP contribution in [0.4, 0.5) is 18.9 Å². The third-order valence-corrected chi connectivity index (χ3v) is 4.22. The lowest BCUT2D eigenvalue weighted by Gasteiger charge is -2.28. The minimum Gasteiger partial charge on any atom is -0.257 e. The van der Waals surface area contributed by atoms with Gasteiger partial charge in [-0.1, -0.05) is 22.0 Å². The summed E-state index contributed by atoms with van der Waals surface area (Å²) >= 11 is 3.11. The number of alkyl halides is 3. The van der Waals surface area contributed by atoms with E-state index < -0.39 is 22.7 Å². The van der Waals surface area contributed by atoms with E-state index in [1.54, 1.807) is 12.1 Å². The van der Waals surface area contributed by atoms with Crippen LogP contribution in [0, 0.1) is 0 Å². The first-order valence-corrected chi connectivity index (χ1v) is 7.06. The molecule has 18 heavy (non-hydrogen) atoms. The van der Waals surface area contributed by atoms with E-state index in [0.29, 0.717) is 14.3 Å². The molecule has 0 saturated heterocycles. The zero-order valence-electron chi connectivity index (χ0n) is 8.78. The van der Waals surface area contributed by atoms with Crippen LogP contribution in [0.2, 0.25) is 0 Å². The molecule has 2 rings (SSSR count). The summed E-state index contributed by atoms with van der Waals surface area (Å²) in [6.45, 7) is -1.54. The molecule has 0 unspecified atom stereocenters. The first-order chi connectivity index (χ1) is 8.19. The number of hydrogen-bond donors (Lipinski definition) is 0. The second kappa shape index (κ2) is 4.27. The van der Waals surface area contributed by atoms with E-state index in [0.717, 1.165) is 5.41 Å². The standard InChI is InChI=1S/C10H7BrF3NO2S/c11-8-2-1-7-3-4-18(16,17)15(9(7)5-8)6-10(12,13)14/h1-5H,6H2. The summed E-state index contributed by atoms with van der Waals surface area (Å²) in [5.41, 5.74) is 0.446. The number of rotatable bonds is 1. The maximum Gasteiger partial charge on any atom is 0.407 e. The molecular weight excluding hydrogens is 335 g/mol. The van der Waals surface area contributed by atoms with Crippen molar-refractivity contribution in [1.82, 2.24) is 0 Å². The Balaban J connectivity index is 2.56. The zero-order chi connectivity index (χ0) is 13.6. The van der Waals surface area contributed by atoms with Crippen molar-refractivity contribution in [3.63, 3.8) is 0 Å². The number of nitrogens with zero attached hydrogens (tertiary/aromatic N) is 1. The molecule has 1 aliphatic heterocycles. The zero-order valence-corrected chi connectivity index (χ0v) is 11.2. The SMILES string of the molecule is O=S1(=O)C=Cc2ccc(Br)cc2N1CC(F)(F)F. The predicted molar refractivity (Wildman–Crippen MR) is 65.5 cm³/mol. The maximum atomic E-state index is 12.4. The lowest BCUT2D eigenvalue weighted by molar-refractivity contribution is -0.117. The molecule has 0 N–H and O–H groups in total. The summed E-state index contributed by atoms with van der Waals surface area (Å²) in [4.78, 5) is 0. The third-order valence-electron chi connectivity index (χ3n) is 2.31. The van der Waals surface area contributed by atoms with Gasteiger partial charge in [0.05, 0.1) is 11.1 Å². The summed E-state index contributed by atoms with van der Waals surface area (Å²) in [5, 5.41) is 0.773. The van der Waals surface area contributed by atoms with Crippen LogP contribution in [0.5, 0.6) is 0 Å². The van der Waals surface area contributed by atoms with Crippen LogP contribution in [0.15, 0.2) is 28.1 Å². The van der Waals surface area contributed by atoms with E-state index in [1.165, 1.54) is 12.1 Å². The van der Waals surface area contributed by atoms with Crippen molar-refractivity contribution in [1.29, 1.82) is 0 Å². The Morgan fingerprint density at radius 1 is 1.28 bits per heavy atom. The summed E-state index contributed by atoms with van der Waals surface area (Å²) in [7, 11) is -4.07. The molecular formula is C10H7BrF3NO2S. The fraction of sp³-hybridized carbons (Fsp3) is 0.200. The number of halogens is 4. The van der Waals surface area contributed by atoms with Crippen LogP contribution >= 0.6 is 15.9 Å². The molecule has 98 valence electrons. The molecule has 0 aliphatic carbocycles. The number of sulfonamides is 1. The summed E-state index contributed by atoms with van der Waals surface area (Å²) in [5.74, 6) is 0. The molecule has 8 heteroatoms. The molecule has 3 nitrogen and oxygen atoms in total. The lowest BCUT2D eigenvalue weighted by Crippen LogP contribution is -2.39. The van der Waals surface area contributed by atoms with Gasteiger partial charge in [-0.2, -0.15) is 13.2 Å². The first-order valence-electron chi connectivity index (χ1n) is 4.76. The van der Waals surface area contributed by atoms with Crippen molar-refractivity contribution >= 4 is 37.7 Å². The molecule has 0 bridgehead atoms. The van der Waals surface area contributed by atoms with Crippen molar-refractivity contribution in [3.05, 3.63) is 33.6 Å². The van der Waals surface area contributed by atoms with Gasteiger partial charge in [0.1, 0.15) is 6.54 Å². The second-order valence-electron chi connectivity index (χ2n) is 3.67. The van der Waals surface area contributed by atoms with E-state index in [4.69, 9.17) is 0 Å². The number of hydrogen-bond acceptors (Lipinski definition) is 2. The molecule has 1 heterocycles. The Bertz CT molecular complexity index is 610. The van der Waals surface area contributed by atoms with Crippen LogP contribution < -0.4 is 4.31 Å². The van der Waals surface area contributed by atoms with Gasteiger partial charge in [0.2, 0.25) is 0 Å². The molecule has 0 atom stereocenters. The highest BCUT2D eigenvalue weighted by molar-refractivity contribution is 9.10. The molecule has 0 radical (unpaired) electrons. The van der Waals surface area contributed by atoms with Crippen LogP contribution in [-0.2, 0) is 10.0 Å². The van der Waals surface area contributed by atoms with E-state index >= 15 is 0 Å². The average Bonchev–Trinajstić information content (AvgIpc) is 2.21. The highest BCUT2D eigenvalue weighted by Crippen LogP contribution is 2.34. The summed E-state index contributed by atoms with van der Waals surface area (Å²) in [6.07, 6.45) is -3.32. The Labute approximate surface area is 110 Å². The molecule has 1 aliphatic rings. The largest absolute Gasteiger partial charge is 0.407 e. The van der Waals surface area contributed by atoms with Crippen molar-refractivity contribution < 1.29 is 21.6 Å². The van der Waals surface area contributed by atoms with E-state index in [1.807, 2.05) is 0 Å². The topological polar surface area (TPSA) is 37.4 Å². The minimum atomic E-state index is -4.60. The maximum absolute atomic E-state index is 12.4. The smallest absolute Gasteiger partial charge is 0.257 e. The van der Waals surface area contributed by atoms with Gasteiger partial charge in [0.15, 0.2) is 0 Å². The Morgan fingerprint density at radius 2 is 1.94 bits per heavy atom. The van der Waals surface area contributed by atoms with Crippen molar-refractivity contribution in [3.8, 4) is 0 Å². The van der Waals surface area contributed by atoms with Crippen molar-refractivity contribution in [2.24, 2.45) is 0 Å². The number of anilines is 1. The Morgan fingerprint density at radius 3 is 2.56 bits per heavy atom. The average molecular weight is 342 g/mol. The summed E-state index contributed by atoms with van der Waals surface area (Å²) in [6, 6.07) is 4.53. The highest BCUT2D eigenvalue weighted by Gasteiger charge is 2.37. The number of benzene rings is 1. The van der Waals surface area contributed by atoms with Gasteiger partial charge in [0.25, 0.3) is 10.0 Å². The van der Waals surface area contributed by atoms with Crippen molar-refractivity contribution in [2.45, 2.75) is 6.18 Å². The van der Waals surface area contributed by atoms with Gasteiger partial charge in [-0.25, -0.2) is 8.42 Å². The molecule has 0 spiro atoms. The van der Waals surface area contributed by atoms with Gasteiger partial charge in [0, 0.05) is 4.47 Å². The molecule has 1 aromatic carbocycles. The van der Waals surface area contributed by atoms with E-state index in [-0.39, 0.29) is 5.69 Å². The fourth-order valence-electron chi connectivity index (χ4n) is 1.58. The molecule has 0 amide bonds. The van der Waals surface area contributed by atoms with E-state index in [2.05, 4.69) is 15.9 Å². The van der Waals surface area contributed by atoms with Crippen LogP contribution in [-0.4, -0.2) is 21.1 Å². The van der Waals surface area contributed by atoms with Gasteiger partial charge in [-0.15, -0.1) is 0 Å². The fourth-order valence-corrected chi connectivity index (χ4v) is 3.15. The molecule has 1 aromatic rings. The minimum absolute atomic E-state index is 0.0178. The first kappa shape index (κ1) is 13.4. The quantitative estimate of drug-likeness (QED) is 0.786. The second-order valence-corrected chi connectivity index (χ2v) is 6.33. The van der Waals surface area contributed by atoms with Crippen LogP contribution in [0.1, 0.15) is 5.56 Å². The summed E-state index contributed by atoms with van der Waals surface area (Å²) < 4.78 is 61.5. The van der Waals surface area contributed by atoms with E-state index in [9.17, 15) is 21.6 Å². The predicted octanol–water partition coefficient (Wildman–Crippen LogP) is 3.13. The monoisotopic (exact) mass is 341 g/mol. The van der Waals surface area contributed by atoms with Gasteiger partial charge >= 0.3 is 6.18 Å². The highest BCUT2D eigenvalue weighted by atomic mass is 79.9. The molecule has 0 fully saturated rings. The van der Waals surface area contributed by atoms with Gasteiger partial charge in [-0.05, 0) is 23.8 Å². The lowest BCUT2D eigenvalue weighted by atomic mass is 10.2. The normalized spacial score (nSPS) is 17.7. The van der Waals surface area contributed by atoms with Gasteiger partial charge in [-0.3, -0.25) is 4.31 Å². The van der Waals surface area contributed by atoms with Gasteiger partial charge < -0.3 is 0 Å². The third kappa shape index (κ3) is 2.69. The molecule has 0 aromatic heterocycles. The Hall–Kier alpha value is -1.02. The number of fused-ring (bicyclic) bond motifs is 1. The van der Waals surface area contributed by atoms with Crippen LogP contribution in [0.25, 0.3) is 6.08 Å². The van der Waals surface area contributed by atoms with Crippen molar-refractivity contribution in [2.75, 3.05) is 10.8 Å². The Kier molecular flexibility index (Phi) is 3.18.